The third kappa shape index (κ3) is 7.24. The Kier molecular flexibility index (Phi) is 8.00. The molecule has 0 heterocycles. The lowest BCUT2D eigenvalue weighted by Gasteiger charge is -2.14. The lowest BCUT2D eigenvalue weighted by Crippen LogP contribution is -2.48. The molecule has 4 N–H and O–H groups in total. The molecule has 1 rings (SSSR count). The minimum absolute atomic E-state index is 0.479. The zero-order valence-corrected chi connectivity index (χ0v) is 14.5. The molecule has 0 saturated heterocycles. The summed E-state index contributed by atoms with van der Waals surface area (Å²) in [6.45, 7) is 7.34. The van der Waals surface area contributed by atoms with E-state index in [1.54, 1.807) is 0 Å². The summed E-state index contributed by atoms with van der Waals surface area (Å²) >= 11 is 10.3. The van der Waals surface area contributed by atoms with Crippen LogP contribution in [0, 0.1) is 0 Å². The van der Waals surface area contributed by atoms with Crippen molar-refractivity contribution in [2.75, 3.05) is 11.9 Å². The zero-order valence-electron chi connectivity index (χ0n) is 12.8. The highest BCUT2D eigenvalue weighted by atomic mass is 32.1. The first-order valence-corrected chi connectivity index (χ1v) is 8.05. The summed E-state index contributed by atoms with van der Waals surface area (Å²) in [6.07, 6.45) is 2.22. The molecular weight excluding hydrogens is 300 g/mol. The number of unbranched alkanes of at least 4 members (excludes halogenated alkanes) is 1. The van der Waals surface area contributed by atoms with E-state index in [0.717, 1.165) is 25.1 Å². The maximum atomic E-state index is 5.20. The van der Waals surface area contributed by atoms with E-state index < -0.39 is 0 Å². The maximum Gasteiger partial charge on any atom is 0.189 e. The van der Waals surface area contributed by atoms with Crippen molar-refractivity contribution in [1.82, 2.24) is 16.2 Å². The molecule has 0 aliphatic rings. The second-order valence-electron chi connectivity index (χ2n) is 5.09. The Hall–Kier alpha value is -1.40. The van der Waals surface area contributed by atoms with E-state index in [0.29, 0.717) is 16.1 Å². The highest BCUT2D eigenvalue weighted by Crippen LogP contribution is 2.16. The third-order valence-corrected chi connectivity index (χ3v) is 3.39. The van der Waals surface area contributed by atoms with Gasteiger partial charge in [0.05, 0.1) is 0 Å². The van der Waals surface area contributed by atoms with Gasteiger partial charge >= 0.3 is 0 Å². The van der Waals surface area contributed by atoms with Crippen LogP contribution in [0.15, 0.2) is 24.3 Å². The van der Waals surface area contributed by atoms with Crippen LogP contribution in [-0.2, 0) is 0 Å². The van der Waals surface area contributed by atoms with Gasteiger partial charge < -0.3 is 10.6 Å². The van der Waals surface area contributed by atoms with Gasteiger partial charge in [-0.2, -0.15) is 0 Å². The standard InChI is InChI=1S/C15H24N4S2/c1-4-5-10-16-14(20)18-19-15(21)17-13-8-6-12(7-9-13)11(2)3/h6-9,11H,4-5,10H2,1-3H3,(H2,16,18,20)(H2,17,19,21). The Morgan fingerprint density at radius 3 is 2.24 bits per heavy atom. The van der Waals surface area contributed by atoms with Crippen LogP contribution in [0.3, 0.4) is 0 Å². The maximum absolute atomic E-state index is 5.20. The van der Waals surface area contributed by atoms with Crippen molar-refractivity contribution < 1.29 is 0 Å². The van der Waals surface area contributed by atoms with Crippen molar-refractivity contribution in [2.24, 2.45) is 0 Å². The predicted octanol–water partition coefficient (Wildman–Crippen LogP) is 3.28. The second kappa shape index (κ2) is 9.52. The molecular formula is C15H24N4S2. The molecule has 0 amide bonds. The molecule has 21 heavy (non-hydrogen) atoms. The van der Waals surface area contributed by atoms with E-state index in [-0.39, 0.29) is 0 Å². The van der Waals surface area contributed by atoms with Gasteiger partial charge in [-0.15, -0.1) is 0 Å². The number of nitrogens with one attached hydrogen (secondary N) is 4. The monoisotopic (exact) mass is 324 g/mol. The van der Waals surface area contributed by atoms with Crippen molar-refractivity contribution in [2.45, 2.75) is 39.5 Å². The summed E-state index contributed by atoms with van der Waals surface area (Å²) in [5, 5.41) is 7.22. The van der Waals surface area contributed by atoms with Crippen LogP contribution in [0.25, 0.3) is 0 Å². The third-order valence-electron chi connectivity index (χ3n) is 2.94. The molecule has 0 atom stereocenters. The molecule has 1 aromatic carbocycles. The minimum atomic E-state index is 0.479. The first-order chi connectivity index (χ1) is 10.0. The molecule has 0 spiro atoms. The van der Waals surface area contributed by atoms with Gasteiger partial charge in [0, 0.05) is 12.2 Å². The Morgan fingerprint density at radius 1 is 1.05 bits per heavy atom. The van der Waals surface area contributed by atoms with Crippen molar-refractivity contribution in [3.05, 3.63) is 29.8 Å². The molecule has 0 unspecified atom stereocenters. The molecule has 0 aliphatic heterocycles. The average Bonchev–Trinajstić information content (AvgIpc) is 2.46. The van der Waals surface area contributed by atoms with Gasteiger partial charge in [-0.3, -0.25) is 10.9 Å². The minimum Gasteiger partial charge on any atom is -0.361 e. The number of benzene rings is 1. The number of anilines is 1. The van der Waals surface area contributed by atoms with Gasteiger partial charge in [-0.25, -0.2) is 0 Å². The summed E-state index contributed by atoms with van der Waals surface area (Å²) < 4.78 is 0. The van der Waals surface area contributed by atoms with E-state index in [9.17, 15) is 0 Å². The van der Waals surface area contributed by atoms with E-state index in [1.165, 1.54) is 5.56 Å². The van der Waals surface area contributed by atoms with Gasteiger partial charge in [0.15, 0.2) is 10.2 Å². The fourth-order valence-electron chi connectivity index (χ4n) is 1.65. The van der Waals surface area contributed by atoms with Gasteiger partial charge in [-0.05, 0) is 54.5 Å². The summed E-state index contributed by atoms with van der Waals surface area (Å²) in [5.74, 6) is 0.525. The number of thiocarbonyl (C=S) groups is 2. The molecule has 1 aromatic rings. The van der Waals surface area contributed by atoms with Crippen LogP contribution < -0.4 is 21.5 Å². The normalized spacial score (nSPS) is 10.1. The highest BCUT2D eigenvalue weighted by Gasteiger charge is 2.01. The summed E-state index contributed by atoms with van der Waals surface area (Å²) in [4.78, 5) is 0. The number of hydrazine groups is 1. The highest BCUT2D eigenvalue weighted by molar-refractivity contribution is 7.80. The SMILES string of the molecule is CCCCNC(=S)NNC(=S)Nc1ccc(C(C)C)cc1. The average molecular weight is 325 g/mol. The van der Waals surface area contributed by atoms with Crippen molar-refractivity contribution in [3.8, 4) is 0 Å². The van der Waals surface area contributed by atoms with E-state index in [4.69, 9.17) is 24.4 Å². The molecule has 0 radical (unpaired) electrons. The summed E-state index contributed by atoms with van der Waals surface area (Å²) in [5.41, 5.74) is 7.97. The van der Waals surface area contributed by atoms with Gasteiger partial charge in [0.25, 0.3) is 0 Å². The zero-order chi connectivity index (χ0) is 15.7. The molecule has 4 nitrogen and oxygen atoms in total. The van der Waals surface area contributed by atoms with Gasteiger partial charge in [-0.1, -0.05) is 39.3 Å². The molecule has 0 saturated carbocycles. The fourth-order valence-corrected chi connectivity index (χ4v) is 1.97. The van der Waals surface area contributed by atoms with E-state index in [2.05, 4.69) is 54.4 Å². The lowest BCUT2D eigenvalue weighted by molar-refractivity contribution is 0.732. The number of rotatable bonds is 5. The molecule has 0 bridgehead atoms. The number of hydrogen-bond acceptors (Lipinski definition) is 2. The smallest absolute Gasteiger partial charge is 0.189 e. The molecule has 0 aromatic heterocycles. The Morgan fingerprint density at radius 2 is 1.67 bits per heavy atom. The van der Waals surface area contributed by atoms with Crippen molar-refractivity contribution in [1.29, 1.82) is 0 Å². The van der Waals surface area contributed by atoms with Crippen LogP contribution >= 0.6 is 24.4 Å². The van der Waals surface area contributed by atoms with Crippen LogP contribution in [0.5, 0.6) is 0 Å². The van der Waals surface area contributed by atoms with Crippen LogP contribution in [0.2, 0.25) is 0 Å². The Labute approximate surface area is 138 Å². The Bertz CT molecular complexity index is 457. The second-order valence-corrected chi connectivity index (χ2v) is 5.91. The van der Waals surface area contributed by atoms with E-state index in [1.807, 2.05) is 12.1 Å². The largest absolute Gasteiger partial charge is 0.361 e. The van der Waals surface area contributed by atoms with Gasteiger partial charge in [0.1, 0.15) is 0 Å². The quantitative estimate of drug-likeness (QED) is 0.379. The van der Waals surface area contributed by atoms with Crippen LogP contribution in [0.4, 0.5) is 5.69 Å². The molecule has 6 heteroatoms. The molecule has 0 aliphatic carbocycles. The van der Waals surface area contributed by atoms with Crippen LogP contribution in [0.1, 0.15) is 45.1 Å². The Balaban J connectivity index is 2.31. The lowest BCUT2D eigenvalue weighted by atomic mass is 10.0. The van der Waals surface area contributed by atoms with Crippen molar-refractivity contribution in [3.63, 3.8) is 0 Å². The first-order valence-electron chi connectivity index (χ1n) is 7.23. The van der Waals surface area contributed by atoms with Gasteiger partial charge in [0.2, 0.25) is 0 Å². The van der Waals surface area contributed by atoms with Crippen LogP contribution in [-0.4, -0.2) is 16.8 Å². The first kappa shape index (κ1) is 17.7. The van der Waals surface area contributed by atoms with Crippen molar-refractivity contribution >= 4 is 40.3 Å². The molecule has 116 valence electrons. The number of hydrogen-bond donors (Lipinski definition) is 4. The molecule has 0 fully saturated rings. The summed E-state index contributed by atoms with van der Waals surface area (Å²) in [6, 6.07) is 8.22. The van der Waals surface area contributed by atoms with E-state index >= 15 is 0 Å². The summed E-state index contributed by atoms with van der Waals surface area (Å²) in [7, 11) is 0. The topological polar surface area (TPSA) is 48.1 Å². The predicted molar refractivity (Wildman–Crippen MR) is 98.5 cm³/mol. The fraction of sp³-hybridized carbons (Fsp3) is 0.467.